The Morgan fingerprint density at radius 2 is 1.96 bits per heavy atom. The van der Waals surface area contributed by atoms with E-state index in [9.17, 15) is 4.79 Å². The summed E-state index contributed by atoms with van der Waals surface area (Å²) in [5.41, 5.74) is 3.09. The molecule has 1 aliphatic rings. The number of fused-ring (bicyclic) bond motifs is 1. The number of nitrogens with zero attached hydrogens (tertiary/aromatic N) is 5. The Bertz CT molecular complexity index is 941. The normalized spacial score (nSPS) is 16.6. The van der Waals surface area contributed by atoms with Crippen LogP contribution in [-0.4, -0.2) is 37.3 Å². The second-order valence-corrected chi connectivity index (χ2v) is 7.05. The third kappa shape index (κ3) is 3.25. The summed E-state index contributed by atoms with van der Waals surface area (Å²) in [6.45, 7) is 6.90. The highest BCUT2D eigenvalue weighted by Crippen LogP contribution is 2.25. The first-order valence-corrected chi connectivity index (χ1v) is 9.21. The highest BCUT2D eigenvalue weighted by molar-refractivity contribution is 5.81. The van der Waals surface area contributed by atoms with Gasteiger partial charge in [0.05, 0.1) is 12.2 Å². The Balaban J connectivity index is 1.53. The summed E-state index contributed by atoms with van der Waals surface area (Å²) < 4.78 is 7.21. The van der Waals surface area contributed by atoms with Crippen molar-refractivity contribution in [1.82, 2.24) is 24.8 Å². The highest BCUT2D eigenvalue weighted by atomic mass is 16.5. The minimum atomic E-state index is -0.310. The third-order valence-corrected chi connectivity index (χ3v) is 5.25. The van der Waals surface area contributed by atoms with Crippen LogP contribution >= 0.6 is 0 Å². The van der Waals surface area contributed by atoms with Gasteiger partial charge in [0.15, 0.2) is 5.82 Å². The summed E-state index contributed by atoms with van der Waals surface area (Å²) in [4.78, 5) is 14.8. The lowest BCUT2D eigenvalue weighted by Gasteiger charge is -2.32. The standard InChI is InChI=1S/C20H23N5O2/c1-13-17(15(3)27-23-13)11-18-21-22-19-12-24(20(26)14(2)25(18)19)10-9-16-7-5-4-6-8-16/h4-8,14H,9-12H2,1-3H3/t14-/m1/s1. The summed E-state index contributed by atoms with van der Waals surface area (Å²) in [5.74, 6) is 2.50. The first kappa shape index (κ1) is 17.5. The molecular weight excluding hydrogens is 342 g/mol. The van der Waals surface area contributed by atoms with Gasteiger partial charge in [-0.3, -0.25) is 4.79 Å². The molecule has 1 aliphatic heterocycles. The average Bonchev–Trinajstić information content (AvgIpc) is 3.22. The molecule has 1 amide bonds. The zero-order valence-corrected chi connectivity index (χ0v) is 15.8. The number of benzene rings is 1. The van der Waals surface area contributed by atoms with E-state index in [-0.39, 0.29) is 11.9 Å². The van der Waals surface area contributed by atoms with Crippen LogP contribution in [0.15, 0.2) is 34.9 Å². The van der Waals surface area contributed by atoms with Gasteiger partial charge in [0.25, 0.3) is 0 Å². The van der Waals surface area contributed by atoms with Gasteiger partial charge in [-0.15, -0.1) is 10.2 Å². The van der Waals surface area contributed by atoms with Gasteiger partial charge in [-0.25, -0.2) is 0 Å². The van der Waals surface area contributed by atoms with Gasteiger partial charge in [0, 0.05) is 18.5 Å². The number of carbonyl (C=O) groups is 1. The van der Waals surface area contributed by atoms with Crippen molar-refractivity contribution in [3.8, 4) is 0 Å². The number of hydrogen-bond donors (Lipinski definition) is 0. The Morgan fingerprint density at radius 3 is 2.67 bits per heavy atom. The summed E-state index contributed by atoms with van der Waals surface area (Å²) in [6.07, 6.45) is 1.40. The van der Waals surface area contributed by atoms with Crippen LogP contribution in [0.2, 0.25) is 0 Å². The van der Waals surface area contributed by atoms with Crippen LogP contribution in [0.5, 0.6) is 0 Å². The van der Waals surface area contributed by atoms with Crippen LogP contribution in [0.4, 0.5) is 0 Å². The summed E-state index contributed by atoms with van der Waals surface area (Å²) >= 11 is 0. The molecule has 0 saturated carbocycles. The van der Waals surface area contributed by atoms with E-state index >= 15 is 0 Å². The van der Waals surface area contributed by atoms with Crippen LogP contribution < -0.4 is 0 Å². The minimum Gasteiger partial charge on any atom is -0.361 e. The first-order valence-electron chi connectivity index (χ1n) is 9.21. The molecule has 7 nitrogen and oxygen atoms in total. The topological polar surface area (TPSA) is 77.0 Å². The SMILES string of the molecule is Cc1noc(C)c1Cc1nnc2n1[C@H](C)C(=O)N(CCc1ccccc1)C2. The molecular formula is C20H23N5O2. The zero-order chi connectivity index (χ0) is 19.0. The van der Waals surface area contributed by atoms with Crippen LogP contribution in [0.3, 0.4) is 0 Å². The predicted molar refractivity (Wildman–Crippen MR) is 99.1 cm³/mol. The highest BCUT2D eigenvalue weighted by Gasteiger charge is 2.33. The van der Waals surface area contributed by atoms with Crippen LogP contribution in [0, 0.1) is 13.8 Å². The third-order valence-electron chi connectivity index (χ3n) is 5.25. The second-order valence-electron chi connectivity index (χ2n) is 7.05. The van der Waals surface area contributed by atoms with E-state index < -0.39 is 0 Å². The molecule has 0 fully saturated rings. The van der Waals surface area contributed by atoms with Crippen LogP contribution in [0.1, 0.15) is 47.2 Å². The van der Waals surface area contributed by atoms with Gasteiger partial charge >= 0.3 is 0 Å². The van der Waals surface area contributed by atoms with Crippen molar-refractivity contribution in [1.29, 1.82) is 0 Å². The molecule has 0 unspecified atom stereocenters. The van der Waals surface area contributed by atoms with Crippen molar-refractivity contribution in [3.63, 3.8) is 0 Å². The molecule has 3 aromatic rings. The van der Waals surface area contributed by atoms with E-state index in [1.54, 1.807) is 0 Å². The quantitative estimate of drug-likeness (QED) is 0.695. The molecule has 1 atom stereocenters. The number of hydrogen-bond acceptors (Lipinski definition) is 5. The van der Waals surface area contributed by atoms with Crippen molar-refractivity contribution in [3.05, 3.63) is 64.6 Å². The van der Waals surface area contributed by atoms with Crippen molar-refractivity contribution in [2.45, 2.75) is 46.2 Å². The monoisotopic (exact) mass is 365 g/mol. The molecule has 3 heterocycles. The van der Waals surface area contributed by atoms with E-state index in [4.69, 9.17) is 4.52 Å². The van der Waals surface area contributed by atoms with Crippen molar-refractivity contribution < 1.29 is 9.32 Å². The molecule has 0 N–H and O–H groups in total. The average molecular weight is 365 g/mol. The fourth-order valence-electron chi connectivity index (χ4n) is 3.67. The molecule has 27 heavy (non-hydrogen) atoms. The summed E-state index contributed by atoms with van der Waals surface area (Å²) in [7, 11) is 0. The Labute approximate surface area is 158 Å². The van der Waals surface area contributed by atoms with Gasteiger partial charge in [0.1, 0.15) is 17.6 Å². The summed E-state index contributed by atoms with van der Waals surface area (Å²) in [5, 5.41) is 12.7. The molecule has 0 radical (unpaired) electrons. The molecule has 0 bridgehead atoms. The lowest BCUT2D eigenvalue weighted by atomic mass is 10.1. The van der Waals surface area contributed by atoms with E-state index in [0.29, 0.717) is 19.5 Å². The first-order chi connectivity index (χ1) is 13.0. The van der Waals surface area contributed by atoms with Crippen LogP contribution in [0.25, 0.3) is 0 Å². The van der Waals surface area contributed by atoms with Gasteiger partial charge < -0.3 is 14.0 Å². The van der Waals surface area contributed by atoms with E-state index in [1.807, 2.05) is 48.4 Å². The van der Waals surface area contributed by atoms with E-state index in [0.717, 1.165) is 35.1 Å². The largest absolute Gasteiger partial charge is 0.361 e. The molecule has 0 saturated heterocycles. The molecule has 7 heteroatoms. The Morgan fingerprint density at radius 1 is 1.19 bits per heavy atom. The second kappa shape index (κ2) is 6.98. The molecule has 140 valence electrons. The minimum absolute atomic E-state index is 0.109. The number of carbonyl (C=O) groups excluding carboxylic acids is 1. The maximum atomic E-state index is 12.9. The smallest absolute Gasteiger partial charge is 0.245 e. The van der Waals surface area contributed by atoms with Gasteiger partial charge in [0.2, 0.25) is 5.91 Å². The maximum Gasteiger partial charge on any atom is 0.245 e. The van der Waals surface area contributed by atoms with E-state index in [2.05, 4.69) is 27.5 Å². The molecule has 0 aliphatic carbocycles. The van der Waals surface area contributed by atoms with E-state index in [1.165, 1.54) is 5.56 Å². The number of aryl methyl sites for hydroxylation is 2. The van der Waals surface area contributed by atoms with Crippen molar-refractivity contribution in [2.75, 3.05) is 6.54 Å². The number of amides is 1. The molecule has 4 rings (SSSR count). The fourth-order valence-corrected chi connectivity index (χ4v) is 3.67. The van der Waals surface area contributed by atoms with Crippen LogP contribution in [-0.2, 0) is 24.2 Å². The molecule has 2 aromatic heterocycles. The zero-order valence-electron chi connectivity index (χ0n) is 15.8. The summed E-state index contributed by atoms with van der Waals surface area (Å²) in [6, 6.07) is 9.90. The molecule has 1 aromatic carbocycles. The van der Waals surface area contributed by atoms with Crippen molar-refractivity contribution >= 4 is 5.91 Å². The Kier molecular flexibility index (Phi) is 4.51. The molecule has 0 spiro atoms. The number of rotatable bonds is 5. The van der Waals surface area contributed by atoms with Gasteiger partial charge in [-0.1, -0.05) is 35.5 Å². The maximum absolute atomic E-state index is 12.9. The lowest BCUT2D eigenvalue weighted by Crippen LogP contribution is -2.43. The van der Waals surface area contributed by atoms with Gasteiger partial charge in [-0.2, -0.15) is 0 Å². The van der Waals surface area contributed by atoms with Gasteiger partial charge in [-0.05, 0) is 32.8 Å². The fraction of sp³-hybridized carbons (Fsp3) is 0.400. The number of aromatic nitrogens is 4. The van der Waals surface area contributed by atoms with Crippen molar-refractivity contribution in [2.24, 2.45) is 0 Å². The predicted octanol–water partition coefficient (Wildman–Crippen LogP) is 2.62. The Hall–Kier alpha value is -2.96. The lowest BCUT2D eigenvalue weighted by molar-refractivity contribution is -0.137.